The highest BCUT2D eigenvalue weighted by atomic mass is 16.6. The summed E-state index contributed by atoms with van der Waals surface area (Å²) in [7, 11) is 0. The third kappa shape index (κ3) is 6.24. The normalized spacial score (nSPS) is 24.7. The zero-order valence-electron chi connectivity index (χ0n) is 12.0. The van der Waals surface area contributed by atoms with Crippen LogP contribution in [0.3, 0.4) is 0 Å². The van der Waals surface area contributed by atoms with Crippen molar-refractivity contribution >= 4 is 6.09 Å². The average molecular weight is 256 g/mol. The van der Waals surface area contributed by atoms with Crippen LogP contribution in [0.5, 0.6) is 0 Å². The molecule has 0 aromatic rings. The zero-order chi connectivity index (χ0) is 13.6. The fourth-order valence-corrected chi connectivity index (χ4v) is 2.50. The van der Waals surface area contributed by atoms with E-state index in [0.29, 0.717) is 5.92 Å². The largest absolute Gasteiger partial charge is 0.444 e. The second-order valence-electron chi connectivity index (χ2n) is 6.35. The molecule has 1 rings (SSSR count). The van der Waals surface area contributed by atoms with Crippen LogP contribution in [0.1, 0.15) is 52.9 Å². The van der Waals surface area contributed by atoms with Crippen LogP contribution in [-0.4, -0.2) is 24.8 Å². The summed E-state index contributed by atoms with van der Waals surface area (Å²) < 4.78 is 5.22. The van der Waals surface area contributed by atoms with Gasteiger partial charge in [0.25, 0.3) is 0 Å². The highest BCUT2D eigenvalue weighted by Gasteiger charge is 2.22. The summed E-state index contributed by atoms with van der Waals surface area (Å²) in [5.41, 5.74) is 5.16. The third-order valence-corrected chi connectivity index (χ3v) is 3.48. The predicted molar refractivity (Wildman–Crippen MR) is 73.4 cm³/mol. The van der Waals surface area contributed by atoms with Crippen LogP contribution < -0.4 is 11.1 Å². The Bertz CT molecular complexity index is 253. The summed E-state index contributed by atoms with van der Waals surface area (Å²) in [5.74, 6) is 1.40. The monoisotopic (exact) mass is 256 g/mol. The van der Waals surface area contributed by atoms with Crippen LogP contribution in [0.15, 0.2) is 0 Å². The van der Waals surface area contributed by atoms with Crippen LogP contribution in [-0.2, 0) is 4.74 Å². The Morgan fingerprint density at radius 2 is 1.78 bits per heavy atom. The molecule has 0 unspecified atom stereocenters. The molecule has 4 nitrogen and oxygen atoms in total. The Hall–Kier alpha value is -0.770. The van der Waals surface area contributed by atoms with E-state index in [2.05, 4.69) is 5.32 Å². The number of ether oxygens (including phenoxy) is 1. The van der Waals surface area contributed by atoms with E-state index in [0.717, 1.165) is 25.4 Å². The molecule has 1 fully saturated rings. The summed E-state index contributed by atoms with van der Waals surface area (Å²) in [4.78, 5) is 11.5. The minimum Gasteiger partial charge on any atom is -0.444 e. The molecule has 0 atom stereocenters. The molecule has 18 heavy (non-hydrogen) atoms. The van der Waals surface area contributed by atoms with E-state index in [1.54, 1.807) is 0 Å². The SMILES string of the molecule is CC(C)(C)OC(=O)NCC1CCC(CCN)CC1. The van der Waals surface area contributed by atoms with Crippen molar-refractivity contribution < 1.29 is 9.53 Å². The van der Waals surface area contributed by atoms with Gasteiger partial charge in [0.15, 0.2) is 0 Å². The maximum absolute atomic E-state index is 11.5. The molecule has 4 heteroatoms. The number of hydrogen-bond acceptors (Lipinski definition) is 3. The summed E-state index contributed by atoms with van der Waals surface area (Å²) in [5, 5.41) is 2.87. The highest BCUT2D eigenvalue weighted by Crippen LogP contribution is 2.30. The van der Waals surface area contributed by atoms with Crippen molar-refractivity contribution in [2.24, 2.45) is 17.6 Å². The average Bonchev–Trinajstić information content (AvgIpc) is 2.26. The van der Waals surface area contributed by atoms with Crippen molar-refractivity contribution in [3.63, 3.8) is 0 Å². The van der Waals surface area contributed by atoms with Crippen LogP contribution >= 0.6 is 0 Å². The molecule has 0 heterocycles. The van der Waals surface area contributed by atoms with Gasteiger partial charge in [0, 0.05) is 6.54 Å². The van der Waals surface area contributed by atoms with Gasteiger partial charge in [-0.25, -0.2) is 4.79 Å². The molecular formula is C14H28N2O2. The first kappa shape index (κ1) is 15.3. The minimum atomic E-state index is -0.414. The first-order valence-corrected chi connectivity index (χ1v) is 7.07. The molecule has 1 aliphatic rings. The number of rotatable bonds is 4. The van der Waals surface area contributed by atoms with Crippen molar-refractivity contribution in [1.29, 1.82) is 0 Å². The van der Waals surface area contributed by atoms with Crippen molar-refractivity contribution in [1.82, 2.24) is 5.32 Å². The Morgan fingerprint density at radius 1 is 1.22 bits per heavy atom. The summed E-state index contributed by atoms with van der Waals surface area (Å²) in [6.07, 6.45) is 5.73. The fraction of sp³-hybridized carbons (Fsp3) is 0.929. The van der Waals surface area contributed by atoms with Crippen LogP contribution in [0.4, 0.5) is 4.79 Å². The summed E-state index contributed by atoms with van der Waals surface area (Å²) in [6, 6.07) is 0. The van der Waals surface area contributed by atoms with E-state index in [-0.39, 0.29) is 6.09 Å². The number of amides is 1. The van der Waals surface area contributed by atoms with Crippen molar-refractivity contribution in [3.8, 4) is 0 Å². The number of alkyl carbamates (subject to hydrolysis) is 1. The van der Waals surface area contributed by atoms with Gasteiger partial charge in [-0.1, -0.05) is 12.8 Å². The molecule has 0 bridgehead atoms. The van der Waals surface area contributed by atoms with Crippen LogP contribution in [0, 0.1) is 11.8 Å². The molecular weight excluding hydrogens is 228 g/mol. The van der Waals surface area contributed by atoms with Crippen molar-refractivity contribution in [3.05, 3.63) is 0 Å². The lowest BCUT2D eigenvalue weighted by Gasteiger charge is -2.28. The van der Waals surface area contributed by atoms with Gasteiger partial charge in [-0.2, -0.15) is 0 Å². The van der Waals surface area contributed by atoms with Crippen LogP contribution in [0.2, 0.25) is 0 Å². The van der Waals surface area contributed by atoms with Gasteiger partial charge in [0.05, 0.1) is 0 Å². The third-order valence-electron chi connectivity index (χ3n) is 3.48. The van der Waals surface area contributed by atoms with Crippen molar-refractivity contribution in [2.45, 2.75) is 58.5 Å². The van der Waals surface area contributed by atoms with Gasteiger partial charge < -0.3 is 15.8 Å². The van der Waals surface area contributed by atoms with Gasteiger partial charge in [-0.15, -0.1) is 0 Å². The molecule has 1 saturated carbocycles. The van der Waals surface area contributed by atoms with E-state index < -0.39 is 5.60 Å². The number of nitrogens with one attached hydrogen (secondary N) is 1. The number of carbonyl (C=O) groups is 1. The Kier molecular flexibility index (Phi) is 5.93. The number of carbonyl (C=O) groups excluding carboxylic acids is 1. The molecule has 0 saturated heterocycles. The first-order valence-electron chi connectivity index (χ1n) is 7.07. The fourth-order valence-electron chi connectivity index (χ4n) is 2.50. The van der Waals surface area contributed by atoms with E-state index >= 15 is 0 Å². The van der Waals surface area contributed by atoms with E-state index in [1.807, 2.05) is 20.8 Å². The number of hydrogen-bond donors (Lipinski definition) is 2. The zero-order valence-corrected chi connectivity index (χ0v) is 12.0. The molecule has 0 radical (unpaired) electrons. The van der Waals surface area contributed by atoms with Gasteiger partial charge in [-0.3, -0.25) is 0 Å². The maximum Gasteiger partial charge on any atom is 0.407 e. The highest BCUT2D eigenvalue weighted by molar-refractivity contribution is 5.67. The predicted octanol–water partition coefficient (Wildman–Crippen LogP) is 2.67. The molecule has 0 aliphatic heterocycles. The Morgan fingerprint density at radius 3 is 2.28 bits per heavy atom. The van der Waals surface area contributed by atoms with Gasteiger partial charge in [0.2, 0.25) is 0 Å². The minimum absolute atomic E-state index is 0.299. The standard InChI is InChI=1S/C14H28N2O2/c1-14(2,3)18-13(17)16-10-12-6-4-11(5-7-12)8-9-15/h11-12H,4-10,15H2,1-3H3,(H,16,17). The molecule has 3 N–H and O–H groups in total. The van der Waals surface area contributed by atoms with Crippen LogP contribution in [0.25, 0.3) is 0 Å². The molecule has 1 amide bonds. The molecule has 1 aliphatic carbocycles. The lowest BCUT2D eigenvalue weighted by molar-refractivity contribution is 0.0513. The lowest BCUT2D eigenvalue weighted by atomic mass is 9.80. The summed E-state index contributed by atoms with van der Waals surface area (Å²) >= 11 is 0. The smallest absolute Gasteiger partial charge is 0.407 e. The Labute approximate surface area is 111 Å². The lowest BCUT2D eigenvalue weighted by Crippen LogP contribution is -2.36. The van der Waals surface area contributed by atoms with Gasteiger partial charge in [-0.05, 0) is 58.4 Å². The number of nitrogens with two attached hydrogens (primary N) is 1. The molecule has 0 aromatic heterocycles. The molecule has 106 valence electrons. The van der Waals surface area contributed by atoms with Gasteiger partial charge in [0.1, 0.15) is 5.60 Å². The second kappa shape index (κ2) is 6.98. The second-order valence-corrected chi connectivity index (χ2v) is 6.35. The maximum atomic E-state index is 11.5. The van der Waals surface area contributed by atoms with Gasteiger partial charge >= 0.3 is 6.09 Å². The van der Waals surface area contributed by atoms with Crippen molar-refractivity contribution in [2.75, 3.05) is 13.1 Å². The van der Waals surface area contributed by atoms with E-state index in [1.165, 1.54) is 25.7 Å². The molecule has 0 aromatic carbocycles. The molecule has 0 spiro atoms. The Balaban J connectivity index is 2.16. The van der Waals surface area contributed by atoms with E-state index in [9.17, 15) is 4.79 Å². The summed E-state index contributed by atoms with van der Waals surface area (Å²) in [6.45, 7) is 7.18. The van der Waals surface area contributed by atoms with E-state index in [4.69, 9.17) is 10.5 Å². The topological polar surface area (TPSA) is 64.3 Å². The quantitative estimate of drug-likeness (QED) is 0.812. The first-order chi connectivity index (χ1) is 8.40.